The quantitative estimate of drug-likeness (QED) is 0.759. The van der Waals surface area contributed by atoms with Crippen molar-refractivity contribution in [1.82, 2.24) is 4.90 Å². The third kappa shape index (κ3) is 3.45. The molecule has 0 radical (unpaired) electrons. The van der Waals surface area contributed by atoms with Crippen molar-refractivity contribution >= 4 is 11.9 Å². The molecule has 2 atom stereocenters. The van der Waals surface area contributed by atoms with Gasteiger partial charge >= 0.3 is 5.97 Å². The second kappa shape index (κ2) is 6.73. The first-order valence-electron chi connectivity index (χ1n) is 6.71. The minimum Gasteiger partial charge on any atom is -0.464 e. The third-order valence-corrected chi connectivity index (χ3v) is 3.35. The van der Waals surface area contributed by atoms with E-state index in [2.05, 4.69) is 0 Å². The molecule has 1 aliphatic rings. The van der Waals surface area contributed by atoms with Crippen LogP contribution < -0.4 is 5.73 Å². The molecule has 104 valence electrons. The highest BCUT2D eigenvalue weighted by Gasteiger charge is 2.35. The highest BCUT2D eigenvalue weighted by atomic mass is 16.5. The lowest BCUT2D eigenvalue weighted by atomic mass is 9.98. The van der Waals surface area contributed by atoms with Crippen LogP contribution in [0.3, 0.4) is 0 Å². The monoisotopic (exact) mass is 256 g/mol. The molecule has 0 aliphatic carbocycles. The van der Waals surface area contributed by atoms with Gasteiger partial charge in [-0.3, -0.25) is 4.79 Å². The summed E-state index contributed by atoms with van der Waals surface area (Å²) in [6, 6.07) is -0.990. The minimum absolute atomic E-state index is 0.0715. The second-order valence-electron chi connectivity index (χ2n) is 5.07. The number of hydrogen-bond donors (Lipinski definition) is 1. The molecule has 0 unspecified atom stereocenters. The molecule has 1 saturated heterocycles. The summed E-state index contributed by atoms with van der Waals surface area (Å²) in [7, 11) is 0. The molecule has 0 aromatic carbocycles. The van der Waals surface area contributed by atoms with Crippen LogP contribution in [0.25, 0.3) is 0 Å². The average molecular weight is 256 g/mol. The zero-order valence-corrected chi connectivity index (χ0v) is 11.5. The van der Waals surface area contributed by atoms with Crippen molar-refractivity contribution < 1.29 is 14.3 Å². The Labute approximate surface area is 109 Å². The fraction of sp³-hybridized carbons (Fsp3) is 0.846. The normalized spacial score (nSPS) is 21.8. The van der Waals surface area contributed by atoms with E-state index in [0.29, 0.717) is 19.6 Å². The Bertz CT molecular complexity index is 305. The van der Waals surface area contributed by atoms with E-state index in [-0.39, 0.29) is 17.8 Å². The molecule has 1 amide bonds. The Morgan fingerprint density at radius 3 is 2.61 bits per heavy atom. The summed E-state index contributed by atoms with van der Waals surface area (Å²) in [5.41, 5.74) is 5.88. The Balaban J connectivity index is 2.76. The fourth-order valence-corrected chi connectivity index (χ4v) is 2.16. The smallest absolute Gasteiger partial charge is 0.328 e. The lowest BCUT2D eigenvalue weighted by molar-refractivity contribution is -0.157. The maximum Gasteiger partial charge on any atom is 0.328 e. The molecule has 0 spiro atoms. The number of likely N-dealkylation sites (tertiary alicyclic amines) is 1. The van der Waals surface area contributed by atoms with Gasteiger partial charge in [-0.2, -0.15) is 0 Å². The number of esters is 1. The predicted octanol–water partition coefficient (Wildman–Crippen LogP) is 0.914. The Hall–Kier alpha value is -1.10. The molecule has 5 nitrogen and oxygen atoms in total. The van der Waals surface area contributed by atoms with E-state index in [4.69, 9.17) is 10.5 Å². The topological polar surface area (TPSA) is 72.6 Å². The van der Waals surface area contributed by atoms with Crippen LogP contribution in [0.5, 0.6) is 0 Å². The number of carbonyl (C=O) groups is 2. The number of nitrogens with two attached hydrogens (primary N) is 1. The second-order valence-corrected chi connectivity index (χ2v) is 5.07. The van der Waals surface area contributed by atoms with E-state index >= 15 is 0 Å². The summed E-state index contributed by atoms with van der Waals surface area (Å²) in [6.07, 6.45) is 2.55. The number of amides is 1. The van der Waals surface area contributed by atoms with Gasteiger partial charge in [0.1, 0.15) is 6.04 Å². The van der Waals surface area contributed by atoms with Gasteiger partial charge in [-0.15, -0.1) is 0 Å². The molecule has 1 heterocycles. The summed E-state index contributed by atoms with van der Waals surface area (Å²) in [5.74, 6) is -0.369. The number of nitrogens with zero attached hydrogens (tertiary/aromatic N) is 1. The lowest BCUT2D eigenvalue weighted by Crippen LogP contribution is -2.55. The SMILES string of the molecule is CCOC(=O)[C@H]1CCCCN1C(=O)[C@@H](N)C(C)C. The maximum atomic E-state index is 12.3. The van der Waals surface area contributed by atoms with E-state index in [1.54, 1.807) is 11.8 Å². The minimum atomic E-state index is -0.542. The van der Waals surface area contributed by atoms with Crippen molar-refractivity contribution in [2.75, 3.05) is 13.2 Å². The molecular formula is C13H24N2O3. The van der Waals surface area contributed by atoms with Gasteiger partial charge < -0.3 is 15.4 Å². The molecule has 0 saturated carbocycles. The van der Waals surface area contributed by atoms with E-state index in [0.717, 1.165) is 12.8 Å². The summed E-state index contributed by atoms with van der Waals surface area (Å²) in [6.45, 7) is 6.53. The largest absolute Gasteiger partial charge is 0.464 e. The van der Waals surface area contributed by atoms with Crippen LogP contribution in [0.15, 0.2) is 0 Å². The maximum absolute atomic E-state index is 12.3. The molecule has 18 heavy (non-hydrogen) atoms. The molecule has 1 rings (SSSR count). The van der Waals surface area contributed by atoms with E-state index in [1.165, 1.54) is 0 Å². The first-order valence-corrected chi connectivity index (χ1v) is 6.71. The van der Waals surface area contributed by atoms with Crippen LogP contribution in [-0.4, -0.2) is 42.0 Å². The Morgan fingerprint density at radius 2 is 2.06 bits per heavy atom. The first-order chi connectivity index (χ1) is 8.49. The summed E-state index contributed by atoms with van der Waals surface area (Å²) in [5, 5.41) is 0. The Kier molecular flexibility index (Phi) is 5.59. The number of rotatable bonds is 4. The standard InChI is InChI=1S/C13H24N2O3/c1-4-18-13(17)10-7-5-6-8-15(10)12(16)11(14)9(2)3/h9-11H,4-8,14H2,1-3H3/t10-,11+/m1/s1. The molecule has 5 heteroatoms. The van der Waals surface area contributed by atoms with Gasteiger partial charge in [-0.1, -0.05) is 13.8 Å². The molecular weight excluding hydrogens is 232 g/mol. The van der Waals surface area contributed by atoms with Gasteiger partial charge in [0.05, 0.1) is 12.6 Å². The molecule has 1 aliphatic heterocycles. The molecule has 0 aromatic heterocycles. The van der Waals surface area contributed by atoms with Gasteiger partial charge in [0, 0.05) is 6.54 Å². The van der Waals surface area contributed by atoms with Crippen LogP contribution in [0.2, 0.25) is 0 Å². The van der Waals surface area contributed by atoms with Gasteiger partial charge in [0.2, 0.25) is 5.91 Å². The van der Waals surface area contributed by atoms with Crippen molar-refractivity contribution in [2.24, 2.45) is 11.7 Å². The molecule has 1 fully saturated rings. The van der Waals surface area contributed by atoms with Crippen LogP contribution >= 0.6 is 0 Å². The number of ether oxygens (including phenoxy) is 1. The van der Waals surface area contributed by atoms with Crippen molar-refractivity contribution in [3.8, 4) is 0 Å². The summed E-state index contributed by atoms with van der Waals surface area (Å²) >= 11 is 0. The summed E-state index contributed by atoms with van der Waals surface area (Å²) < 4.78 is 5.03. The highest BCUT2D eigenvalue weighted by molar-refractivity contribution is 5.87. The molecule has 0 bridgehead atoms. The molecule has 2 N–H and O–H groups in total. The van der Waals surface area contributed by atoms with Crippen molar-refractivity contribution in [1.29, 1.82) is 0 Å². The van der Waals surface area contributed by atoms with Crippen molar-refractivity contribution in [3.63, 3.8) is 0 Å². The van der Waals surface area contributed by atoms with Crippen LogP contribution in [-0.2, 0) is 14.3 Å². The fourth-order valence-electron chi connectivity index (χ4n) is 2.16. The van der Waals surface area contributed by atoms with E-state index < -0.39 is 12.1 Å². The van der Waals surface area contributed by atoms with Crippen LogP contribution in [0.1, 0.15) is 40.0 Å². The van der Waals surface area contributed by atoms with Gasteiger partial charge in [0.25, 0.3) is 0 Å². The van der Waals surface area contributed by atoms with E-state index in [1.807, 2.05) is 13.8 Å². The van der Waals surface area contributed by atoms with Gasteiger partial charge in [-0.25, -0.2) is 4.79 Å². The Morgan fingerprint density at radius 1 is 1.39 bits per heavy atom. The molecule has 0 aromatic rings. The van der Waals surface area contributed by atoms with Crippen LogP contribution in [0.4, 0.5) is 0 Å². The average Bonchev–Trinajstić information content (AvgIpc) is 2.37. The first kappa shape index (κ1) is 15.0. The zero-order valence-electron chi connectivity index (χ0n) is 11.5. The van der Waals surface area contributed by atoms with Gasteiger partial charge in [0.15, 0.2) is 0 Å². The number of carbonyl (C=O) groups excluding carboxylic acids is 2. The van der Waals surface area contributed by atoms with E-state index in [9.17, 15) is 9.59 Å². The van der Waals surface area contributed by atoms with Crippen molar-refractivity contribution in [3.05, 3.63) is 0 Å². The summed E-state index contributed by atoms with van der Waals surface area (Å²) in [4.78, 5) is 25.7. The number of piperidine rings is 1. The third-order valence-electron chi connectivity index (χ3n) is 3.35. The van der Waals surface area contributed by atoms with Crippen molar-refractivity contribution in [2.45, 2.75) is 52.1 Å². The van der Waals surface area contributed by atoms with Crippen LogP contribution in [0, 0.1) is 5.92 Å². The predicted molar refractivity (Wildman–Crippen MR) is 68.8 cm³/mol. The number of hydrogen-bond acceptors (Lipinski definition) is 4. The zero-order chi connectivity index (χ0) is 13.7. The highest BCUT2D eigenvalue weighted by Crippen LogP contribution is 2.20. The van der Waals surface area contributed by atoms with Gasteiger partial charge in [-0.05, 0) is 32.1 Å². The lowest BCUT2D eigenvalue weighted by Gasteiger charge is -2.36.